The number of hydrogen-bond donors (Lipinski definition) is 1. The molecular weight excluding hydrogens is 283 g/mol. The maximum atomic E-state index is 12.9. The number of carbonyl (C=O) groups excluding carboxylic acids is 1. The fourth-order valence-electron chi connectivity index (χ4n) is 2.87. The van der Waals surface area contributed by atoms with Crippen molar-refractivity contribution in [2.24, 2.45) is 5.92 Å². The van der Waals surface area contributed by atoms with Gasteiger partial charge < -0.3 is 5.32 Å². The number of nitrogens with zero attached hydrogens (tertiary/aromatic N) is 1. The van der Waals surface area contributed by atoms with E-state index in [1.54, 1.807) is 0 Å². The summed E-state index contributed by atoms with van der Waals surface area (Å²) in [6.45, 7) is 0.713. The number of fused-ring (bicyclic) bond motifs is 1. The molecule has 2 atom stereocenters. The number of hydrogen-bond acceptors (Lipinski definition) is 3. The topological polar surface area (TPSA) is 66.5 Å². The summed E-state index contributed by atoms with van der Waals surface area (Å²) in [4.78, 5) is 11.4. The molecule has 108 valence electrons. The molecule has 5 nitrogen and oxygen atoms in total. The Morgan fingerprint density at radius 3 is 2.65 bits per heavy atom. The molecule has 2 heterocycles. The SMILES string of the molecule is O=C1C[C@H]2CN(S(=O)(=O)c3ccc(F)cc3)CC[C@@H]2N1. The van der Waals surface area contributed by atoms with Gasteiger partial charge in [-0.05, 0) is 30.7 Å². The molecule has 0 spiro atoms. The number of piperidine rings is 1. The lowest BCUT2D eigenvalue weighted by atomic mass is 9.95. The number of nitrogens with one attached hydrogen (secondary N) is 1. The average molecular weight is 298 g/mol. The van der Waals surface area contributed by atoms with E-state index < -0.39 is 15.8 Å². The van der Waals surface area contributed by atoms with E-state index in [4.69, 9.17) is 0 Å². The highest BCUT2D eigenvalue weighted by molar-refractivity contribution is 7.89. The largest absolute Gasteiger partial charge is 0.353 e. The molecule has 2 aliphatic rings. The molecule has 7 heteroatoms. The quantitative estimate of drug-likeness (QED) is 0.875. The Bertz CT molecular complexity index is 630. The molecule has 0 saturated carbocycles. The second kappa shape index (κ2) is 4.82. The summed E-state index contributed by atoms with van der Waals surface area (Å²) in [5.74, 6) is -0.444. The minimum absolute atomic E-state index is 0.0129. The predicted molar refractivity (Wildman–Crippen MR) is 69.8 cm³/mol. The van der Waals surface area contributed by atoms with E-state index >= 15 is 0 Å². The lowest BCUT2D eigenvalue weighted by molar-refractivity contribution is -0.119. The number of carbonyl (C=O) groups is 1. The van der Waals surface area contributed by atoms with Crippen molar-refractivity contribution in [3.05, 3.63) is 30.1 Å². The monoisotopic (exact) mass is 298 g/mol. The van der Waals surface area contributed by atoms with Crippen LogP contribution in [0.1, 0.15) is 12.8 Å². The van der Waals surface area contributed by atoms with Crippen molar-refractivity contribution < 1.29 is 17.6 Å². The van der Waals surface area contributed by atoms with Gasteiger partial charge >= 0.3 is 0 Å². The van der Waals surface area contributed by atoms with Crippen LogP contribution in [-0.4, -0.2) is 37.8 Å². The van der Waals surface area contributed by atoms with Gasteiger partial charge in [0.2, 0.25) is 15.9 Å². The normalized spacial score (nSPS) is 27.1. The Hall–Kier alpha value is -1.47. The molecule has 0 bridgehead atoms. The molecule has 1 amide bonds. The number of sulfonamides is 1. The number of rotatable bonds is 2. The molecule has 1 aromatic rings. The summed E-state index contributed by atoms with van der Waals surface area (Å²) in [6, 6.07) is 4.91. The first-order valence-electron chi connectivity index (χ1n) is 6.52. The van der Waals surface area contributed by atoms with Gasteiger partial charge in [-0.2, -0.15) is 4.31 Å². The first-order valence-corrected chi connectivity index (χ1v) is 7.96. The summed E-state index contributed by atoms with van der Waals surface area (Å²) in [5, 5.41) is 2.87. The van der Waals surface area contributed by atoms with Crippen molar-refractivity contribution in [3.8, 4) is 0 Å². The fraction of sp³-hybridized carbons (Fsp3) is 0.462. The summed E-state index contributed by atoms with van der Waals surface area (Å²) in [6.07, 6.45) is 0.997. The minimum Gasteiger partial charge on any atom is -0.353 e. The highest BCUT2D eigenvalue weighted by Gasteiger charge is 2.40. The van der Waals surface area contributed by atoms with Crippen LogP contribution >= 0.6 is 0 Å². The smallest absolute Gasteiger partial charge is 0.243 e. The molecular formula is C13H15FN2O3S. The Labute approximate surface area is 116 Å². The first kappa shape index (κ1) is 13.5. The predicted octanol–water partition coefficient (Wildman–Crippen LogP) is 0.725. The standard InChI is InChI=1S/C13H15FN2O3S/c14-10-1-3-11(4-2-10)20(18,19)16-6-5-12-9(8-16)7-13(17)15-12/h1-4,9,12H,5-8H2,(H,15,17)/t9-,12-/m0/s1. The van der Waals surface area contributed by atoms with Crippen LogP contribution in [-0.2, 0) is 14.8 Å². The van der Waals surface area contributed by atoms with Crippen molar-refractivity contribution in [2.75, 3.05) is 13.1 Å². The lowest BCUT2D eigenvalue weighted by Crippen LogP contribution is -2.46. The average Bonchev–Trinajstić information content (AvgIpc) is 2.78. The van der Waals surface area contributed by atoms with Gasteiger partial charge in [0, 0.05) is 31.5 Å². The summed E-state index contributed by atoms with van der Waals surface area (Å²) in [7, 11) is -3.61. The summed E-state index contributed by atoms with van der Waals surface area (Å²) in [5.41, 5.74) is 0. The third kappa shape index (κ3) is 2.31. The molecule has 2 aliphatic heterocycles. The highest BCUT2D eigenvalue weighted by Crippen LogP contribution is 2.29. The van der Waals surface area contributed by atoms with Crippen LogP contribution in [0.3, 0.4) is 0 Å². The second-order valence-corrected chi connectivity index (χ2v) is 7.18. The summed E-state index contributed by atoms with van der Waals surface area (Å²) < 4.78 is 39.2. The van der Waals surface area contributed by atoms with E-state index in [9.17, 15) is 17.6 Å². The number of benzene rings is 1. The maximum absolute atomic E-state index is 12.9. The number of amides is 1. The van der Waals surface area contributed by atoms with Crippen LogP contribution in [0.15, 0.2) is 29.2 Å². The number of halogens is 1. The van der Waals surface area contributed by atoms with Crippen molar-refractivity contribution in [1.82, 2.24) is 9.62 Å². The van der Waals surface area contributed by atoms with Crippen LogP contribution in [0.25, 0.3) is 0 Å². The second-order valence-electron chi connectivity index (χ2n) is 5.24. The third-order valence-corrected chi connectivity index (χ3v) is 5.82. The molecule has 0 aliphatic carbocycles. The molecule has 2 fully saturated rings. The van der Waals surface area contributed by atoms with Crippen molar-refractivity contribution in [3.63, 3.8) is 0 Å². The van der Waals surface area contributed by atoms with Gasteiger partial charge in [-0.3, -0.25) is 4.79 Å². The van der Waals surface area contributed by atoms with Crippen LogP contribution < -0.4 is 5.32 Å². The zero-order chi connectivity index (χ0) is 14.3. The maximum Gasteiger partial charge on any atom is 0.243 e. The van der Waals surface area contributed by atoms with Gasteiger partial charge in [-0.1, -0.05) is 0 Å². The van der Waals surface area contributed by atoms with Crippen molar-refractivity contribution >= 4 is 15.9 Å². The molecule has 3 rings (SSSR count). The fourth-order valence-corrected chi connectivity index (χ4v) is 4.39. The highest BCUT2D eigenvalue weighted by atomic mass is 32.2. The van der Waals surface area contributed by atoms with E-state index in [2.05, 4.69) is 5.32 Å². The third-order valence-electron chi connectivity index (χ3n) is 3.94. The molecule has 0 radical (unpaired) electrons. The van der Waals surface area contributed by atoms with Gasteiger partial charge in [0.05, 0.1) is 4.90 Å². The van der Waals surface area contributed by atoms with Crippen molar-refractivity contribution in [2.45, 2.75) is 23.8 Å². The van der Waals surface area contributed by atoms with Crippen LogP contribution in [0.5, 0.6) is 0 Å². The minimum atomic E-state index is -3.61. The molecule has 2 saturated heterocycles. The zero-order valence-electron chi connectivity index (χ0n) is 10.8. The molecule has 0 aromatic heterocycles. The Kier molecular flexibility index (Phi) is 3.25. The molecule has 0 unspecified atom stereocenters. The lowest BCUT2D eigenvalue weighted by Gasteiger charge is -2.33. The van der Waals surface area contributed by atoms with Crippen LogP contribution in [0.2, 0.25) is 0 Å². The first-order chi connectivity index (χ1) is 9.46. The van der Waals surface area contributed by atoms with Gasteiger partial charge in [-0.15, -0.1) is 0 Å². The van der Waals surface area contributed by atoms with E-state index in [1.165, 1.54) is 16.4 Å². The van der Waals surface area contributed by atoms with Crippen LogP contribution in [0.4, 0.5) is 4.39 Å². The van der Waals surface area contributed by atoms with Crippen molar-refractivity contribution in [1.29, 1.82) is 0 Å². The Morgan fingerprint density at radius 1 is 1.25 bits per heavy atom. The molecule has 1 N–H and O–H groups in total. The molecule has 20 heavy (non-hydrogen) atoms. The Morgan fingerprint density at radius 2 is 1.95 bits per heavy atom. The van der Waals surface area contributed by atoms with Gasteiger partial charge in [0.25, 0.3) is 0 Å². The van der Waals surface area contributed by atoms with E-state index in [0.717, 1.165) is 12.1 Å². The van der Waals surface area contributed by atoms with E-state index in [1.807, 2.05) is 0 Å². The van der Waals surface area contributed by atoms with Gasteiger partial charge in [0.1, 0.15) is 5.82 Å². The zero-order valence-corrected chi connectivity index (χ0v) is 11.6. The Balaban J connectivity index is 1.82. The van der Waals surface area contributed by atoms with E-state index in [0.29, 0.717) is 25.9 Å². The van der Waals surface area contributed by atoms with E-state index in [-0.39, 0.29) is 22.8 Å². The van der Waals surface area contributed by atoms with Crippen LogP contribution in [0, 0.1) is 11.7 Å². The molecule has 1 aromatic carbocycles. The summed E-state index contributed by atoms with van der Waals surface area (Å²) >= 11 is 0. The van der Waals surface area contributed by atoms with Gasteiger partial charge in [-0.25, -0.2) is 12.8 Å². The van der Waals surface area contributed by atoms with Gasteiger partial charge in [0.15, 0.2) is 0 Å².